The van der Waals surface area contributed by atoms with Crippen LogP contribution in [0.3, 0.4) is 0 Å². The van der Waals surface area contributed by atoms with Crippen molar-refractivity contribution in [2.24, 2.45) is 0 Å². The molecular weight excluding hydrogens is 200 g/mol. The molecule has 0 saturated carbocycles. The van der Waals surface area contributed by atoms with E-state index in [0.29, 0.717) is 6.04 Å². The van der Waals surface area contributed by atoms with E-state index in [4.69, 9.17) is 0 Å². The van der Waals surface area contributed by atoms with Crippen LogP contribution in [-0.4, -0.2) is 27.6 Å². The molecule has 0 aliphatic carbocycles. The van der Waals surface area contributed by atoms with Gasteiger partial charge in [0.2, 0.25) is 0 Å². The predicted octanol–water partition coefficient (Wildman–Crippen LogP) is 2.23. The molecule has 1 rings (SSSR count). The molecule has 0 aliphatic rings. The van der Waals surface area contributed by atoms with E-state index >= 15 is 0 Å². The number of nitrogens with zero attached hydrogens (tertiary/aromatic N) is 3. The van der Waals surface area contributed by atoms with Crippen molar-refractivity contribution >= 4 is 0 Å². The summed E-state index contributed by atoms with van der Waals surface area (Å²) >= 11 is 0. The van der Waals surface area contributed by atoms with Crippen LogP contribution in [0.1, 0.15) is 46.0 Å². The van der Waals surface area contributed by atoms with Crippen LogP contribution in [0.4, 0.5) is 0 Å². The molecule has 0 aliphatic heterocycles. The predicted molar refractivity (Wildman–Crippen MR) is 66.2 cm³/mol. The van der Waals surface area contributed by atoms with Crippen molar-refractivity contribution in [2.45, 2.75) is 58.5 Å². The summed E-state index contributed by atoms with van der Waals surface area (Å²) in [6.45, 7) is 6.53. The summed E-state index contributed by atoms with van der Waals surface area (Å²) in [6, 6.07) is 0.690. The Labute approximate surface area is 98.4 Å². The average molecular weight is 224 g/mol. The molecule has 1 unspecified atom stereocenters. The van der Waals surface area contributed by atoms with E-state index < -0.39 is 0 Å². The normalized spacial score (nSPS) is 12.9. The fourth-order valence-electron chi connectivity index (χ4n) is 1.80. The summed E-state index contributed by atoms with van der Waals surface area (Å²) < 4.78 is 1.88. The number of nitrogens with one attached hydrogen (secondary N) is 1. The van der Waals surface area contributed by atoms with Crippen molar-refractivity contribution in [3.05, 3.63) is 12.4 Å². The molecule has 16 heavy (non-hydrogen) atoms. The first-order valence-electron chi connectivity index (χ1n) is 6.44. The van der Waals surface area contributed by atoms with Gasteiger partial charge in [0.1, 0.15) is 0 Å². The van der Waals surface area contributed by atoms with Crippen LogP contribution in [0.2, 0.25) is 0 Å². The standard InChI is InChI=1S/C12H24N4/c1-3-5-7-12(4-2)13-8-6-10-16-11-9-14-15-16/h9,11-13H,3-8,10H2,1-2H3. The van der Waals surface area contributed by atoms with Gasteiger partial charge in [0.15, 0.2) is 0 Å². The van der Waals surface area contributed by atoms with Gasteiger partial charge in [-0.1, -0.05) is 31.9 Å². The van der Waals surface area contributed by atoms with Crippen LogP contribution in [-0.2, 0) is 6.54 Å². The van der Waals surface area contributed by atoms with Gasteiger partial charge in [-0.25, -0.2) is 0 Å². The molecule has 0 radical (unpaired) electrons. The van der Waals surface area contributed by atoms with Crippen LogP contribution in [0, 0.1) is 0 Å². The summed E-state index contributed by atoms with van der Waals surface area (Å²) in [5.41, 5.74) is 0. The van der Waals surface area contributed by atoms with Gasteiger partial charge in [-0.2, -0.15) is 0 Å². The Morgan fingerprint density at radius 3 is 2.81 bits per heavy atom. The van der Waals surface area contributed by atoms with E-state index in [0.717, 1.165) is 19.5 Å². The third-order valence-electron chi connectivity index (χ3n) is 2.87. The van der Waals surface area contributed by atoms with Crippen molar-refractivity contribution in [3.8, 4) is 0 Å². The monoisotopic (exact) mass is 224 g/mol. The number of aryl methyl sites for hydroxylation is 1. The third kappa shape index (κ3) is 5.26. The molecule has 4 heteroatoms. The Balaban J connectivity index is 2.04. The first kappa shape index (κ1) is 13.2. The Kier molecular flexibility index (Phi) is 6.81. The quantitative estimate of drug-likeness (QED) is 0.654. The summed E-state index contributed by atoms with van der Waals surface area (Å²) in [6.07, 6.45) is 9.90. The van der Waals surface area contributed by atoms with E-state index in [1.165, 1.54) is 25.7 Å². The summed E-state index contributed by atoms with van der Waals surface area (Å²) in [5, 5.41) is 11.3. The molecule has 92 valence electrons. The Bertz CT molecular complexity index is 246. The molecule has 0 fully saturated rings. The van der Waals surface area contributed by atoms with Gasteiger partial charge in [0.25, 0.3) is 0 Å². The first-order valence-corrected chi connectivity index (χ1v) is 6.44. The molecule has 1 N–H and O–H groups in total. The summed E-state index contributed by atoms with van der Waals surface area (Å²) in [4.78, 5) is 0. The molecule has 0 amide bonds. The fraction of sp³-hybridized carbons (Fsp3) is 0.833. The Morgan fingerprint density at radius 1 is 1.31 bits per heavy atom. The van der Waals surface area contributed by atoms with Crippen molar-refractivity contribution in [2.75, 3.05) is 6.54 Å². The van der Waals surface area contributed by atoms with E-state index in [1.807, 2.05) is 10.9 Å². The molecular formula is C12H24N4. The highest BCUT2D eigenvalue weighted by atomic mass is 15.4. The number of hydrogen-bond donors (Lipinski definition) is 1. The van der Waals surface area contributed by atoms with Crippen molar-refractivity contribution in [1.29, 1.82) is 0 Å². The summed E-state index contributed by atoms with van der Waals surface area (Å²) in [5.74, 6) is 0. The van der Waals surface area contributed by atoms with Crippen molar-refractivity contribution in [3.63, 3.8) is 0 Å². The second kappa shape index (κ2) is 8.28. The minimum absolute atomic E-state index is 0.690. The maximum Gasteiger partial charge on any atom is 0.0692 e. The highest BCUT2D eigenvalue weighted by molar-refractivity contribution is 4.66. The van der Waals surface area contributed by atoms with Gasteiger partial charge in [-0.15, -0.1) is 5.10 Å². The van der Waals surface area contributed by atoms with Gasteiger partial charge in [0, 0.05) is 18.8 Å². The minimum Gasteiger partial charge on any atom is -0.314 e. The van der Waals surface area contributed by atoms with E-state index in [9.17, 15) is 0 Å². The molecule has 4 nitrogen and oxygen atoms in total. The Hall–Kier alpha value is -0.900. The van der Waals surface area contributed by atoms with Crippen LogP contribution < -0.4 is 5.32 Å². The Morgan fingerprint density at radius 2 is 2.19 bits per heavy atom. The summed E-state index contributed by atoms with van der Waals surface area (Å²) in [7, 11) is 0. The number of aromatic nitrogens is 3. The smallest absolute Gasteiger partial charge is 0.0692 e. The van der Waals surface area contributed by atoms with Gasteiger partial charge in [0.05, 0.1) is 6.20 Å². The van der Waals surface area contributed by atoms with Crippen LogP contribution in [0.15, 0.2) is 12.4 Å². The highest BCUT2D eigenvalue weighted by Gasteiger charge is 2.03. The molecule has 0 aromatic carbocycles. The SMILES string of the molecule is CCCCC(CC)NCCCn1ccnn1. The topological polar surface area (TPSA) is 42.7 Å². The molecule has 0 saturated heterocycles. The van der Waals surface area contributed by atoms with Crippen LogP contribution in [0.25, 0.3) is 0 Å². The number of hydrogen-bond acceptors (Lipinski definition) is 3. The van der Waals surface area contributed by atoms with E-state index in [-0.39, 0.29) is 0 Å². The second-order valence-corrected chi connectivity index (χ2v) is 4.22. The van der Waals surface area contributed by atoms with Crippen LogP contribution in [0.5, 0.6) is 0 Å². The number of rotatable bonds is 9. The highest BCUT2D eigenvalue weighted by Crippen LogP contribution is 2.03. The zero-order valence-corrected chi connectivity index (χ0v) is 10.5. The van der Waals surface area contributed by atoms with E-state index in [2.05, 4.69) is 29.5 Å². The largest absolute Gasteiger partial charge is 0.314 e. The first-order chi connectivity index (χ1) is 7.86. The third-order valence-corrected chi connectivity index (χ3v) is 2.87. The molecule has 0 bridgehead atoms. The van der Waals surface area contributed by atoms with Gasteiger partial charge in [-0.05, 0) is 25.8 Å². The number of unbranched alkanes of at least 4 members (excludes halogenated alkanes) is 1. The lowest BCUT2D eigenvalue weighted by molar-refractivity contribution is 0.433. The lowest BCUT2D eigenvalue weighted by Gasteiger charge is -2.16. The zero-order valence-electron chi connectivity index (χ0n) is 10.5. The van der Waals surface area contributed by atoms with Crippen LogP contribution >= 0.6 is 0 Å². The maximum absolute atomic E-state index is 3.94. The zero-order chi connectivity index (χ0) is 11.6. The molecule has 1 atom stereocenters. The van der Waals surface area contributed by atoms with E-state index in [1.54, 1.807) is 6.20 Å². The van der Waals surface area contributed by atoms with Gasteiger partial charge in [-0.3, -0.25) is 4.68 Å². The van der Waals surface area contributed by atoms with Gasteiger partial charge >= 0.3 is 0 Å². The fourth-order valence-corrected chi connectivity index (χ4v) is 1.80. The minimum atomic E-state index is 0.690. The molecule has 1 heterocycles. The molecule has 0 spiro atoms. The maximum atomic E-state index is 3.94. The second-order valence-electron chi connectivity index (χ2n) is 4.22. The van der Waals surface area contributed by atoms with Crippen molar-refractivity contribution in [1.82, 2.24) is 20.3 Å². The van der Waals surface area contributed by atoms with Gasteiger partial charge < -0.3 is 5.32 Å². The lowest BCUT2D eigenvalue weighted by Crippen LogP contribution is -2.29. The molecule has 1 aromatic rings. The van der Waals surface area contributed by atoms with Crippen molar-refractivity contribution < 1.29 is 0 Å². The lowest BCUT2D eigenvalue weighted by atomic mass is 10.1. The molecule has 1 aromatic heterocycles. The average Bonchev–Trinajstić information content (AvgIpc) is 2.81.